The first-order chi connectivity index (χ1) is 7.31. The second kappa shape index (κ2) is 26.2. The third-order valence-electron chi connectivity index (χ3n) is 2.57. The molecule has 0 aliphatic heterocycles. The third-order valence-corrected chi connectivity index (χ3v) is 2.74. The molecular formula is C12H31ClO6. The summed E-state index contributed by atoms with van der Waals surface area (Å²) in [6.07, 6.45) is 11.7. The molecule has 0 fully saturated rings. The number of rotatable bonds is 10. The summed E-state index contributed by atoms with van der Waals surface area (Å²) in [4.78, 5) is 10.7. The van der Waals surface area contributed by atoms with E-state index in [4.69, 9.17) is 11.9 Å². The van der Waals surface area contributed by atoms with Gasteiger partial charge in [-0.1, -0.05) is 58.3 Å². The zero-order chi connectivity index (χ0) is 11.4. The number of hydrogen-bond acceptors (Lipinski definition) is 2. The Morgan fingerprint density at radius 1 is 0.789 bits per heavy atom. The van der Waals surface area contributed by atoms with Crippen molar-refractivity contribution in [1.29, 1.82) is 0 Å². The predicted octanol–water partition coefficient (Wildman–Crippen LogP) is 1.31. The van der Waals surface area contributed by atoms with Gasteiger partial charge in [0.15, 0.2) is 0 Å². The maximum atomic E-state index is 10.7. The van der Waals surface area contributed by atoms with Crippen molar-refractivity contribution >= 4 is 17.8 Å². The van der Waals surface area contributed by atoms with Crippen molar-refractivity contribution in [3.63, 3.8) is 0 Å². The first-order valence-corrected chi connectivity index (χ1v) is 6.43. The lowest BCUT2D eigenvalue weighted by molar-refractivity contribution is -0.134. The highest BCUT2D eigenvalue weighted by atomic mass is 35.5. The van der Waals surface area contributed by atoms with Crippen molar-refractivity contribution < 1.29 is 31.0 Å². The average molecular weight is 307 g/mol. The van der Waals surface area contributed by atoms with E-state index in [-0.39, 0.29) is 27.9 Å². The van der Waals surface area contributed by atoms with Crippen LogP contribution in [-0.2, 0) is 9.08 Å². The zero-order valence-corrected chi connectivity index (χ0v) is 12.5. The minimum absolute atomic E-state index is 0. The highest BCUT2D eigenvalue weighted by Gasteiger charge is 2.00. The van der Waals surface area contributed by atoms with Crippen LogP contribution >= 0.6 is 11.9 Å². The quantitative estimate of drug-likeness (QED) is 0.558. The van der Waals surface area contributed by atoms with Crippen LogP contribution in [0.5, 0.6) is 0 Å². The van der Waals surface area contributed by atoms with E-state index >= 15 is 0 Å². The molecule has 0 saturated heterocycles. The largest absolute Gasteiger partial charge is 0.412 e. The molecule has 0 bridgehead atoms. The Morgan fingerprint density at radius 3 is 1.53 bits per heavy atom. The molecule has 122 valence electrons. The molecule has 19 heavy (non-hydrogen) atoms. The molecule has 0 aromatic carbocycles. The fraction of sp³-hybridized carbons (Fsp3) is 0.917. The van der Waals surface area contributed by atoms with E-state index < -0.39 is 0 Å². The van der Waals surface area contributed by atoms with Crippen molar-refractivity contribution in [2.45, 2.75) is 71.1 Å². The van der Waals surface area contributed by atoms with Crippen LogP contribution in [-0.4, -0.2) is 27.9 Å². The highest BCUT2D eigenvalue weighted by Crippen LogP contribution is 2.10. The van der Waals surface area contributed by atoms with Gasteiger partial charge in [-0.15, -0.1) is 0 Å². The Bertz CT molecular complexity index is 157. The van der Waals surface area contributed by atoms with Gasteiger partial charge in [0, 0.05) is 6.42 Å². The van der Waals surface area contributed by atoms with E-state index in [9.17, 15) is 4.79 Å². The van der Waals surface area contributed by atoms with Crippen LogP contribution in [0.1, 0.15) is 71.1 Å². The minimum atomic E-state index is -0.306. The molecule has 0 aliphatic rings. The lowest BCUT2D eigenvalue weighted by atomic mass is 10.1. The van der Waals surface area contributed by atoms with E-state index in [0.717, 1.165) is 12.8 Å². The molecule has 0 aromatic rings. The summed E-state index contributed by atoms with van der Waals surface area (Å²) in [7, 11) is 0. The second-order valence-electron chi connectivity index (χ2n) is 4.03. The Hall–Kier alpha value is -0.400. The molecule has 0 radical (unpaired) electrons. The van der Waals surface area contributed by atoms with Crippen LogP contribution in [0.2, 0.25) is 0 Å². The van der Waals surface area contributed by atoms with E-state index in [2.05, 4.69) is 11.2 Å². The number of hydrogen-bond donors (Lipinski definition) is 0. The lowest BCUT2D eigenvalue weighted by Crippen LogP contribution is -1.95. The van der Waals surface area contributed by atoms with Crippen molar-refractivity contribution in [2.75, 3.05) is 0 Å². The number of carbonyl (C=O) groups excluding carboxylic acids is 1. The second-order valence-corrected chi connectivity index (χ2v) is 4.18. The van der Waals surface area contributed by atoms with E-state index in [1.807, 2.05) is 0 Å². The monoisotopic (exact) mass is 306 g/mol. The van der Waals surface area contributed by atoms with Gasteiger partial charge < -0.3 is 26.2 Å². The maximum Gasteiger partial charge on any atom is 0.324 e. The number of halogens is 1. The van der Waals surface area contributed by atoms with Gasteiger partial charge in [-0.05, 0) is 6.42 Å². The van der Waals surface area contributed by atoms with E-state index in [1.165, 1.54) is 44.9 Å². The van der Waals surface area contributed by atoms with Gasteiger partial charge in [-0.3, -0.25) is 4.79 Å². The van der Waals surface area contributed by atoms with Crippen LogP contribution in [0, 0.1) is 0 Å². The minimum Gasteiger partial charge on any atom is -0.412 e. The molecule has 0 aromatic heterocycles. The zero-order valence-electron chi connectivity index (χ0n) is 11.8. The normalized spacial score (nSPS) is 8.11. The van der Waals surface area contributed by atoms with Crippen molar-refractivity contribution in [2.24, 2.45) is 0 Å². The molecule has 0 aliphatic carbocycles. The van der Waals surface area contributed by atoms with E-state index in [1.54, 1.807) is 0 Å². The van der Waals surface area contributed by atoms with Crippen LogP contribution in [0.4, 0.5) is 0 Å². The summed E-state index contributed by atoms with van der Waals surface area (Å²) < 4.78 is 4.06. The number of carbonyl (C=O) groups is 1. The Balaban J connectivity index is -0.000000163. The van der Waals surface area contributed by atoms with Gasteiger partial charge in [0.1, 0.15) is 11.9 Å². The SMILES string of the molecule is CCCCCCCCCCCC(=O)OCl.O.O.O.O. The fourth-order valence-electron chi connectivity index (χ4n) is 1.62. The Labute approximate surface area is 120 Å². The number of unbranched alkanes of at least 4 members (excludes halogenated alkanes) is 8. The van der Waals surface area contributed by atoms with Crippen LogP contribution < -0.4 is 0 Å². The molecule has 7 heteroatoms. The lowest BCUT2D eigenvalue weighted by Gasteiger charge is -2.00. The first kappa shape index (κ1) is 31.2. The molecule has 6 nitrogen and oxygen atoms in total. The van der Waals surface area contributed by atoms with Crippen molar-refractivity contribution in [3.05, 3.63) is 0 Å². The molecule has 0 atom stereocenters. The first-order valence-electron chi connectivity index (χ1n) is 6.12. The molecule has 0 amide bonds. The smallest absolute Gasteiger partial charge is 0.324 e. The molecule has 0 heterocycles. The van der Waals surface area contributed by atoms with Gasteiger partial charge in [0.05, 0.1) is 0 Å². The van der Waals surface area contributed by atoms with Gasteiger partial charge in [0.25, 0.3) is 0 Å². The van der Waals surface area contributed by atoms with Gasteiger partial charge in [-0.2, -0.15) is 0 Å². The highest BCUT2D eigenvalue weighted by molar-refractivity contribution is 6.13. The Kier molecular flexibility index (Phi) is 43.0. The van der Waals surface area contributed by atoms with E-state index in [0.29, 0.717) is 6.42 Å². The summed E-state index contributed by atoms with van der Waals surface area (Å²) in [6, 6.07) is 0. The molecule has 0 saturated carbocycles. The third kappa shape index (κ3) is 27.0. The summed E-state index contributed by atoms with van der Waals surface area (Å²) in [5.41, 5.74) is 0. The molecule has 0 spiro atoms. The van der Waals surface area contributed by atoms with Gasteiger partial charge in [-0.25, -0.2) is 0 Å². The standard InChI is InChI=1S/C12H23ClO2.4H2O/c1-2-3-4-5-6-7-8-9-10-11-12(14)15-13;;;;/h2-11H2,1H3;4*1H2. The van der Waals surface area contributed by atoms with Gasteiger partial charge >= 0.3 is 5.97 Å². The molecular weight excluding hydrogens is 276 g/mol. The Morgan fingerprint density at radius 2 is 1.16 bits per heavy atom. The fourth-order valence-corrected chi connectivity index (χ4v) is 1.70. The molecule has 0 unspecified atom stereocenters. The summed E-state index contributed by atoms with van der Waals surface area (Å²) >= 11 is 4.91. The van der Waals surface area contributed by atoms with Crippen LogP contribution in [0.3, 0.4) is 0 Å². The molecule has 8 N–H and O–H groups in total. The van der Waals surface area contributed by atoms with Crippen molar-refractivity contribution in [1.82, 2.24) is 0 Å². The predicted molar refractivity (Wildman–Crippen MR) is 78.2 cm³/mol. The van der Waals surface area contributed by atoms with Crippen LogP contribution in [0.25, 0.3) is 0 Å². The summed E-state index contributed by atoms with van der Waals surface area (Å²) in [6.45, 7) is 2.23. The van der Waals surface area contributed by atoms with Crippen LogP contribution in [0.15, 0.2) is 0 Å². The topological polar surface area (TPSA) is 152 Å². The molecule has 0 rings (SSSR count). The summed E-state index contributed by atoms with van der Waals surface area (Å²) in [5, 5.41) is 0. The van der Waals surface area contributed by atoms with Crippen molar-refractivity contribution in [3.8, 4) is 0 Å². The van der Waals surface area contributed by atoms with Gasteiger partial charge in [0.2, 0.25) is 0 Å². The average Bonchev–Trinajstić information content (AvgIpc) is 2.26. The summed E-state index contributed by atoms with van der Waals surface area (Å²) in [5.74, 6) is -0.306. The maximum absolute atomic E-state index is 10.7.